The molecule has 0 spiro atoms. The number of anilines is 2. The van der Waals surface area contributed by atoms with E-state index >= 15 is 0 Å². The molecule has 0 fully saturated rings. The summed E-state index contributed by atoms with van der Waals surface area (Å²) < 4.78 is 5.45. The second kappa shape index (κ2) is 8.49. The zero-order valence-electron chi connectivity index (χ0n) is 11.5. The van der Waals surface area contributed by atoms with Crippen LogP contribution in [-0.2, 0) is 0 Å². The van der Waals surface area contributed by atoms with E-state index in [4.69, 9.17) is 4.74 Å². The molecule has 2 N–H and O–H groups in total. The van der Waals surface area contributed by atoms with E-state index in [1.807, 2.05) is 13.8 Å². The van der Waals surface area contributed by atoms with Gasteiger partial charge in [0.1, 0.15) is 0 Å². The summed E-state index contributed by atoms with van der Waals surface area (Å²) in [6, 6.07) is 0.377. The first kappa shape index (κ1) is 14.5. The highest BCUT2D eigenvalue weighted by molar-refractivity contribution is 5.35. The summed E-state index contributed by atoms with van der Waals surface area (Å²) in [5.41, 5.74) is 0. The largest absolute Gasteiger partial charge is 0.463 e. The van der Waals surface area contributed by atoms with Gasteiger partial charge in [-0.1, -0.05) is 20.3 Å². The molecule has 0 atom stereocenters. The van der Waals surface area contributed by atoms with Crippen molar-refractivity contribution in [2.45, 2.75) is 40.0 Å². The SMILES string of the molecule is CCCCNc1nc(NCC)nc(OCCC)n1. The van der Waals surface area contributed by atoms with Crippen LogP contribution in [0.3, 0.4) is 0 Å². The molecule has 18 heavy (non-hydrogen) atoms. The van der Waals surface area contributed by atoms with Gasteiger partial charge in [0, 0.05) is 13.1 Å². The van der Waals surface area contributed by atoms with Crippen LogP contribution < -0.4 is 15.4 Å². The van der Waals surface area contributed by atoms with Gasteiger partial charge in [-0.15, -0.1) is 0 Å². The molecule has 0 amide bonds. The number of aromatic nitrogens is 3. The minimum Gasteiger partial charge on any atom is -0.463 e. The van der Waals surface area contributed by atoms with Crippen molar-refractivity contribution >= 4 is 11.9 Å². The van der Waals surface area contributed by atoms with Crippen molar-refractivity contribution in [2.75, 3.05) is 30.3 Å². The van der Waals surface area contributed by atoms with E-state index in [0.717, 1.165) is 32.4 Å². The maximum Gasteiger partial charge on any atom is 0.323 e. The van der Waals surface area contributed by atoms with E-state index < -0.39 is 0 Å². The Morgan fingerprint density at radius 2 is 1.67 bits per heavy atom. The summed E-state index contributed by atoms with van der Waals surface area (Å²) in [6.45, 7) is 8.44. The topological polar surface area (TPSA) is 72.0 Å². The van der Waals surface area contributed by atoms with E-state index in [1.165, 1.54) is 0 Å². The Kier molecular flexibility index (Phi) is 6.83. The van der Waals surface area contributed by atoms with Gasteiger partial charge in [-0.05, 0) is 19.8 Å². The summed E-state index contributed by atoms with van der Waals surface area (Å²) in [6.07, 6.45) is 3.16. The maximum absolute atomic E-state index is 5.45. The van der Waals surface area contributed by atoms with Crippen molar-refractivity contribution in [3.05, 3.63) is 0 Å². The van der Waals surface area contributed by atoms with Crippen LogP contribution in [0, 0.1) is 0 Å². The van der Waals surface area contributed by atoms with Crippen molar-refractivity contribution in [2.24, 2.45) is 0 Å². The molecule has 0 unspecified atom stereocenters. The van der Waals surface area contributed by atoms with Crippen LogP contribution in [0.2, 0.25) is 0 Å². The monoisotopic (exact) mass is 253 g/mol. The van der Waals surface area contributed by atoms with Gasteiger partial charge in [0.15, 0.2) is 0 Å². The van der Waals surface area contributed by atoms with Crippen molar-refractivity contribution in [3.8, 4) is 6.01 Å². The number of ether oxygens (including phenoxy) is 1. The molecule has 0 aromatic carbocycles. The van der Waals surface area contributed by atoms with Gasteiger partial charge in [-0.3, -0.25) is 0 Å². The Morgan fingerprint density at radius 1 is 0.944 bits per heavy atom. The number of rotatable bonds is 9. The molecule has 1 aromatic heterocycles. The highest BCUT2D eigenvalue weighted by atomic mass is 16.5. The average molecular weight is 253 g/mol. The summed E-state index contributed by atoms with van der Waals surface area (Å²) >= 11 is 0. The second-order valence-electron chi connectivity index (χ2n) is 3.92. The Balaban J connectivity index is 2.70. The van der Waals surface area contributed by atoms with Crippen molar-refractivity contribution in [3.63, 3.8) is 0 Å². The fourth-order valence-corrected chi connectivity index (χ4v) is 1.31. The summed E-state index contributed by atoms with van der Waals surface area (Å²) in [7, 11) is 0. The third-order valence-electron chi connectivity index (χ3n) is 2.20. The molecular weight excluding hydrogens is 230 g/mol. The van der Waals surface area contributed by atoms with Crippen LogP contribution in [-0.4, -0.2) is 34.6 Å². The highest BCUT2D eigenvalue weighted by Gasteiger charge is 2.06. The van der Waals surface area contributed by atoms with Crippen LogP contribution in [0.1, 0.15) is 40.0 Å². The third kappa shape index (κ3) is 5.16. The molecule has 0 aliphatic heterocycles. The molecule has 0 saturated heterocycles. The molecule has 0 aliphatic rings. The van der Waals surface area contributed by atoms with Gasteiger partial charge in [0.25, 0.3) is 0 Å². The van der Waals surface area contributed by atoms with Crippen molar-refractivity contribution < 1.29 is 4.74 Å². The van der Waals surface area contributed by atoms with Crippen LogP contribution in [0.15, 0.2) is 0 Å². The first-order valence-electron chi connectivity index (χ1n) is 6.66. The molecule has 6 nitrogen and oxygen atoms in total. The van der Waals surface area contributed by atoms with Gasteiger partial charge in [0.05, 0.1) is 6.61 Å². The fourth-order valence-electron chi connectivity index (χ4n) is 1.31. The van der Waals surface area contributed by atoms with Crippen LogP contribution in [0.5, 0.6) is 6.01 Å². The molecule has 0 saturated carbocycles. The van der Waals surface area contributed by atoms with E-state index in [9.17, 15) is 0 Å². The molecule has 6 heteroatoms. The predicted molar refractivity (Wildman–Crippen MR) is 73.2 cm³/mol. The number of hydrogen-bond acceptors (Lipinski definition) is 6. The molecule has 0 radical (unpaired) electrons. The number of hydrogen-bond donors (Lipinski definition) is 2. The van der Waals surface area contributed by atoms with E-state index in [-0.39, 0.29) is 0 Å². The first-order chi connectivity index (χ1) is 8.80. The third-order valence-corrected chi connectivity index (χ3v) is 2.20. The summed E-state index contributed by atoms with van der Waals surface area (Å²) in [4.78, 5) is 12.7. The average Bonchev–Trinajstić information content (AvgIpc) is 2.37. The van der Waals surface area contributed by atoms with Gasteiger partial charge < -0.3 is 15.4 Å². The maximum atomic E-state index is 5.45. The van der Waals surface area contributed by atoms with Crippen LogP contribution in [0.25, 0.3) is 0 Å². The predicted octanol–water partition coefficient (Wildman–Crippen LogP) is 2.30. The molecule has 1 aromatic rings. The lowest BCUT2D eigenvalue weighted by atomic mass is 10.3. The second-order valence-corrected chi connectivity index (χ2v) is 3.92. The zero-order valence-corrected chi connectivity index (χ0v) is 11.5. The minimum atomic E-state index is 0.377. The first-order valence-corrected chi connectivity index (χ1v) is 6.66. The fraction of sp³-hybridized carbons (Fsp3) is 0.750. The molecule has 102 valence electrons. The van der Waals surface area contributed by atoms with Crippen LogP contribution >= 0.6 is 0 Å². The molecule has 1 rings (SSSR count). The lowest BCUT2D eigenvalue weighted by Crippen LogP contribution is -2.11. The molecular formula is C12H23N5O. The molecule has 1 heterocycles. The van der Waals surface area contributed by atoms with Gasteiger partial charge in [-0.2, -0.15) is 15.0 Å². The summed E-state index contributed by atoms with van der Waals surface area (Å²) in [5, 5.41) is 6.25. The quantitative estimate of drug-likeness (QED) is 0.658. The van der Waals surface area contributed by atoms with Gasteiger partial charge in [-0.25, -0.2) is 0 Å². The molecule has 0 aliphatic carbocycles. The Morgan fingerprint density at radius 3 is 2.28 bits per heavy atom. The highest BCUT2D eigenvalue weighted by Crippen LogP contribution is 2.11. The van der Waals surface area contributed by atoms with Crippen molar-refractivity contribution in [1.29, 1.82) is 0 Å². The smallest absolute Gasteiger partial charge is 0.323 e. The zero-order chi connectivity index (χ0) is 13.2. The van der Waals surface area contributed by atoms with Gasteiger partial charge >= 0.3 is 6.01 Å². The van der Waals surface area contributed by atoms with E-state index in [1.54, 1.807) is 0 Å². The lowest BCUT2D eigenvalue weighted by molar-refractivity contribution is 0.292. The standard InChI is InChI=1S/C12H23N5O/c1-4-7-8-14-11-15-10(13-6-3)16-12(17-11)18-9-5-2/h4-9H2,1-3H3,(H2,13,14,15,16,17). The Bertz CT molecular complexity index is 345. The normalized spacial score (nSPS) is 10.2. The Labute approximate surface area is 109 Å². The van der Waals surface area contributed by atoms with E-state index in [0.29, 0.717) is 24.5 Å². The number of nitrogens with one attached hydrogen (secondary N) is 2. The minimum absolute atomic E-state index is 0.377. The lowest BCUT2D eigenvalue weighted by Gasteiger charge is -2.09. The molecule has 0 bridgehead atoms. The van der Waals surface area contributed by atoms with Gasteiger partial charge in [0.2, 0.25) is 11.9 Å². The summed E-state index contributed by atoms with van der Waals surface area (Å²) in [5.74, 6) is 1.12. The number of unbranched alkanes of at least 4 members (excludes halogenated alkanes) is 1. The number of nitrogens with zero attached hydrogens (tertiary/aromatic N) is 3. The Hall–Kier alpha value is -1.59. The van der Waals surface area contributed by atoms with Crippen LogP contribution in [0.4, 0.5) is 11.9 Å². The van der Waals surface area contributed by atoms with Crippen molar-refractivity contribution in [1.82, 2.24) is 15.0 Å². The van der Waals surface area contributed by atoms with E-state index in [2.05, 4.69) is 32.5 Å².